The van der Waals surface area contributed by atoms with Crippen molar-refractivity contribution in [3.05, 3.63) is 44.3 Å². The summed E-state index contributed by atoms with van der Waals surface area (Å²) in [4.78, 5) is 5.09. The number of benzene rings is 1. The third kappa shape index (κ3) is 3.85. The Kier molecular flexibility index (Phi) is 4.39. The first-order valence-electron chi connectivity index (χ1n) is 6.00. The summed E-state index contributed by atoms with van der Waals surface area (Å²) in [5.74, 6) is 0. The van der Waals surface area contributed by atoms with Crippen LogP contribution in [0.4, 0.5) is 5.69 Å². The first-order chi connectivity index (χ1) is 8.86. The van der Waals surface area contributed by atoms with E-state index in [2.05, 4.69) is 37.1 Å². The van der Waals surface area contributed by atoms with Crippen molar-refractivity contribution in [3.63, 3.8) is 0 Å². The smallest absolute Gasteiger partial charge is 0.183 e. The van der Waals surface area contributed by atoms with Gasteiger partial charge in [0.15, 0.2) is 4.47 Å². The monoisotopic (exact) mass is 314 g/mol. The lowest BCUT2D eigenvalue weighted by Gasteiger charge is -2.20. The SMILES string of the molecule is CC(C)(C)c1ccc(NCc2cnc(Cl)s2)c(Cl)c1. The Morgan fingerprint density at radius 2 is 2.00 bits per heavy atom. The molecule has 0 bridgehead atoms. The Balaban J connectivity index is 2.09. The van der Waals surface area contributed by atoms with Crippen molar-refractivity contribution >= 4 is 40.2 Å². The van der Waals surface area contributed by atoms with Gasteiger partial charge in [0.05, 0.1) is 17.3 Å². The van der Waals surface area contributed by atoms with Gasteiger partial charge in [0.2, 0.25) is 0 Å². The van der Waals surface area contributed by atoms with E-state index in [1.165, 1.54) is 16.9 Å². The molecule has 5 heteroatoms. The highest BCUT2D eigenvalue weighted by Crippen LogP contribution is 2.30. The van der Waals surface area contributed by atoms with E-state index in [-0.39, 0.29) is 5.41 Å². The zero-order chi connectivity index (χ0) is 14.0. The summed E-state index contributed by atoms with van der Waals surface area (Å²) in [6.45, 7) is 7.19. The van der Waals surface area contributed by atoms with E-state index < -0.39 is 0 Å². The van der Waals surface area contributed by atoms with Gasteiger partial charge in [-0.05, 0) is 23.1 Å². The topological polar surface area (TPSA) is 24.9 Å². The van der Waals surface area contributed by atoms with Crippen LogP contribution in [0.3, 0.4) is 0 Å². The Labute approximate surface area is 127 Å². The number of anilines is 1. The van der Waals surface area contributed by atoms with E-state index >= 15 is 0 Å². The van der Waals surface area contributed by atoms with Gasteiger partial charge in [-0.2, -0.15) is 0 Å². The number of rotatable bonds is 3. The lowest BCUT2D eigenvalue weighted by Crippen LogP contribution is -2.11. The molecule has 0 atom stereocenters. The third-order valence-electron chi connectivity index (χ3n) is 2.81. The quantitative estimate of drug-likeness (QED) is 0.825. The summed E-state index contributed by atoms with van der Waals surface area (Å²) in [5.41, 5.74) is 2.26. The van der Waals surface area contributed by atoms with Crippen LogP contribution in [0.5, 0.6) is 0 Å². The van der Waals surface area contributed by atoms with Crippen LogP contribution in [0.1, 0.15) is 31.2 Å². The van der Waals surface area contributed by atoms with E-state index in [0.717, 1.165) is 15.6 Å². The van der Waals surface area contributed by atoms with Crippen molar-refractivity contribution in [3.8, 4) is 0 Å². The van der Waals surface area contributed by atoms with Crippen LogP contribution in [0.2, 0.25) is 9.49 Å². The molecule has 0 aliphatic heterocycles. The second-order valence-corrected chi connectivity index (χ2v) is 7.48. The van der Waals surface area contributed by atoms with E-state index in [9.17, 15) is 0 Å². The Morgan fingerprint density at radius 3 is 2.53 bits per heavy atom. The van der Waals surface area contributed by atoms with Gasteiger partial charge >= 0.3 is 0 Å². The van der Waals surface area contributed by atoms with Gasteiger partial charge in [-0.1, -0.05) is 50.0 Å². The van der Waals surface area contributed by atoms with Crippen molar-refractivity contribution in [1.82, 2.24) is 4.98 Å². The van der Waals surface area contributed by atoms with Gasteiger partial charge in [-0.15, -0.1) is 11.3 Å². The molecule has 0 saturated heterocycles. The van der Waals surface area contributed by atoms with E-state index in [1.54, 1.807) is 6.20 Å². The fraction of sp³-hybridized carbons (Fsp3) is 0.357. The van der Waals surface area contributed by atoms with Crippen LogP contribution in [-0.2, 0) is 12.0 Å². The highest BCUT2D eigenvalue weighted by molar-refractivity contribution is 7.15. The van der Waals surface area contributed by atoms with E-state index in [4.69, 9.17) is 23.2 Å². The molecule has 0 unspecified atom stereocenters. The predicted molar refractivity (Wildman–Crippen MR) is 84.6 cm³/mol. The fourth-order valence-electron chi connectivity index (χ4n) is 1.67. The largest absolute Gasteiger partial charge is 0.379 e. The summed E-state index contributed by atoms with van der Waals surface area (Å²) in [6, 6.07) is 6.14. The molecule has 2 rings (SSSR count). The first-order valence-corrected chi connectivity index (χ1v) is 7.57. The molecular formula is C14H16Cl2N2S. The number of nitrogens with zero attached hydrogens (tertiary/aromatic N) is 1. The summed E-state index contributed by atoms with van der Waals surface area (Å²) < 4.78 is 0.561. The lowest BCUT2D eigenvalue weighted by atomic mass is 9.87. The zero-order valence-electron chi connectivity index (χ0n) is 11.1. The maximum absolute atomic E-state index is 6.31. The van der Waals surface area contributed by atoms with Crippen molar-refractivity contribution < 1.29 is 0 Å². The zero-order valence-corrected chi connectivity index (χ0v) is 13.5. The maximum Gasteiger partial charge on any atom is 0.183 e. The van der Waals surface area contributed by atoms with Gasteiger partial charge in [0, 0.05) is 11.1 Å². The van der Waals surface area contributed by atoms with E-state index in [0.29, 0.717) is 11.0 Å². The van der Waals surface area contributed by atoms with Gasteiger partial charge in [-0.25, -0.2) is 4.98 Å². The Morgan fingerprint density at radius 1 is 1.26 bits per heavy atom. The molecular weight excluding hydrogens is 299 g/mol. The van der Waals surface area contributed by atoms with Gasteiger partial charge in [0.1, 0.15) is 0 Å². The van der Waals surface area contributed by atoms with Gasteiger partial charge in [0.25, 0.3) is 0 Å². The second kappa shape index (κ2) is 5.70. The average Bonchev–Trinajstić information content (AvgIpc) is 2.72. The third-order valence-corrected chi connectivity index (χ3v) is 4.24. The van der Waals surface area contributed by atoms with E-state index in [1.807, 2.05) is 12.1 Å². The summed E-state index contributed by atoms with van der Waals surface area (Å²) >= 11 is 13.6. The molecule has 1 heterocycles. The summed E-state index contributed by atoms with van der Waals surface area (Å²) in [7, 11) is 0. The molecule has 1 aromatic heterocycles. The molecule has 2 aromatic rings. The number of halogens is 2. The molecule has 0 fully saturated rings. The van der Waals surface area contributed by atoms with Crippen LogP contribution in [0.25, 0.3) is 0 Å². The van der Waals surface area contributed by atoms with Crippen molar-refractivity contribution in [2.75, 3.05) is 5.32 Å². The molecule has 1 aromatic carbocycles. The van der Waals surface area contributed by atoms with Crippen LogP contribution >= 0.6 is 34.5 Å². The molecule has 2 nitrogen and oxygen atoms in total. The van der Waals surface area contributed by atoms with Gasteiger partial charge in [-0.3, -0.25) is 0 Å². The molecule has 0 saturated carbocycles. The number of thiazole rings is 1. The van der Waals surface area contributed by atoms with Crippen molar-refractivity contribution in [2.45, 2.75) is 32.7 Å². The molecule has 0 spiro atoms. The number of hydrogen-bond donors (Lipinski definition) is 1. The Hall–Kier alpha value is -0.770. The highest BCUT2D eigenvalue weighted by Gasteiger charge is 2.14. The number of nitrogens with one attached hydrogen (secondary N) is 1. The molecule has 1 N–H and O–H groups in total. The normalized spacial score (nSPS) is 11.6. The minimum atomic E-state index is 0.105. The van der Waals surface area contributed by atoms with Crippen LogP contribution in [0, 0.1) is 0 Å². The lowest BCUT2D eigenvalue weighted by molar-refractivity contribution is 0.590. The summed E-state index contributed by atoms with van der Waals surface area (Å²) in [5, 5.41) is 4.04. The first kappa shape index (κ1) is 14.6. The Bertz CT molecular complexity index is 573. The van der Waals surface area contributed by atoms with Crippen molar-refractivity contribution in [2.24, 2.45) is 0 Å². The van der Waals surface area contributed by atoms with Crippen LogP contribution in [-0.4, -0.2) is 4.98 Å². The predicted octanol–water partition coefficient (Wildman–Crippen LogP) is 5.36. The molecule has 0 radical (unpaired) electrons. The maximum atomic E-state index is 6.31. The number of aromatic nitrogens is 1. The summed E-state index contributed by atoms with van der Waals surface area (Å²) in [6.07, 6.45) is 1.78. The van der Waals surface area contributed by atoms with Gasteiger partial charge < -0.3 is 5.32 Å². The minimum Gasteiger partial charge on any atom is -0.379 e. The molecule has 19 heavy (non-hydrogen) atoms. The average molecular weight is 315 g/mol. The highest BCUT2D eigenvalue weighted by atomic mass is 35.5. The molecule has 0 aliphatic rings. The molecule has 0 amide bonds. The molecule has 0 aliphatic carbocycles. The molecule has 102 valence electrons. The van der Waals surface area contributed by atoms with Crippen molar-refractivity contribution in [1.29, 1.82) is 0 Å². The van der Waals surface area contributed by atoms with Crippen LogP contribution in [0.15, 0.2) is 24.4 Å². The number of hydrogen-bond acceptors (Lipinski definition) is 3. The second-order valence-electron chi connectivity index (χ2n) is 5.38. The fourth-order valence-corrected chi connectivity index (χ4v) is 2.84. The minimum absolute atomic E-state index is 0.105. The standard InChI is InChI=1S/C14H16Cl2N2S/c1-14(2,3)9-4-5-12(11(15)6-9)17-7-10-8-18-13(16)19-10/h4-6,8,17H,7H2,1-3H3. The van der Waals surface area contributed by atoms with Crippen LogP contribution < -0.4 is 5.32 Å².